The molecule has 0 amide bonds. The summed E-state index contributed by atoms with van der Waals surface area (Å²) in [7, 11) is 0. The van der Waals surface area contributed by atoms with Gasteiger partial charge in [0.2, 0.25) is 5.13 Å². The second kappa shape index (κ2) is 7.20. The van der Waals surface area contributed by atoms with Gasteiger partial charge < -0.3 is 10.2 Å². The molecule has 1 aliphatic rings. The summed E-state index contributed by atoms with van der Waals surface area (Å²) in [6.45, 7) is 11.5. The van der Waals surface area contributed by atoms with Crippen molar-refractivity contribution in [1.29, 1.82) is 0 Å². The van der Waals surface area contributed by atoms with Crippen LogP contribution in [-0.4, -0.2) is 40.4 Å². The van der Waals surface area contributed by atoms with Crippen molar-refractivity contribution in [2.24, 2.45) is 11.8 Å². The number of aromatic nitrogens is 2. The molecule has 0 radical (unpaired) electrons. The van der Waals surface area contributed by atoms with Crippen LogP contribution >= 0.6 is 11.5 Å². The Morgan fingerprint density at radius 2 is 2.00 bits per heavy atom. The van der Waals surface area contributed by atoms with E-state index < -0.39 is 0 Å². The van der Waals surface area contributed by atoms with Crippen LogP contribution in [0.15, 0.2) is 0 Å². The van der Waals surface area contributed by atoms with E-state index in [4.69, 9.17) is 0 Å². The number of aryl methyl sites for hydroxylation is 1. The van der Waals surface area contributed by atoms with Gasteiger partial charge in [-0.1, -0.05) is 13.8 Å². The number of piperidine rings is 1. The van der Waals surface area contributed by atoms with Crippen LogP contribution in [0.5, 0.6) is 0 Å². The van der Waals surface area contributed by atoms with Gasteiger partial charge in [-0.15, -0.1) is 0 Å². The Morgan fingerprint density at radius 1 is 1.26 bits per heavy atom. The van der Waals surface area contributed by atoms with Crippen LogP contribution < -0.4 is 5.32 Å². The Labute approximate surface area is 120 Å². The summed E-state index contributed by atoms with van der Waals surface area (Å²) in [4.78, 5) is 6.94. The van der Waals surface area contributed by atoms with E-state index in [-0.39, 0.29) is 0 Å². The van der Waals surface area contributed by atoms with Gasteiger partial charge >= 0.3 is 0 Å². The van der Waals surface area contributed by atoms with Gasteiger partial charge in [0, 0.05) is 31.2 Å². The molecule has 0 bridgehead atoms. The molecule has 1 aromatic heterocycles. The van der Waals surface area contributed by atoms with Crippen molar-refractivity contribution in [1.82, 2.24) is 14.3 Å². The SMILES string of the molecule is Cc1nsc(NCCCCN2CC(C)CC(C)C2)n1. The van der Waals surface area contributed by atoms with Crippen LogP contribution in [0, 0.1) is 18.8 Å². The molecule has 1 aliphatic heterocycles. The molecule has 1 N–H and O–H groups in total. The summed E-state index contributed by atoms with van der Waals surface area (Å²) in [6, 6.07) is 0. The lowest BCUT2D eigenvalue weighted by Gasteiger charge is -2.34. The van der Waals surface area contributed by atoms with Crippen molar-refractivity contribution >= 4 is 16.7 Å². The molecule has 1 saturated heterocycles. The lowest BCUT2D eigenvalue weighted by atomic mass is 9.92. The summed E-state index contributed by atoms with van der Waals surface area (Å²) < 4.78 is 4.17. The van der Waals surface area contributed by atoms with Crippen LogP contribution in [0.4, 0.5) is 5.13 Å². The first-order chi connectivity index (χ1) is 9.13. The van der Waals surface area contributed by atoms with Gasteiger partial charge in [0.05, 0.1) is 0 Å². The zero-order valence-electron chi connectivity index (χ0n) is 12.4. The topological polar surface area (TPSA) is 41.1 Å². The maximum Gasteiger partial charge on any atom is 0.202 e. The molecular weight excluding hydrogens is 256 g/mol. The predicted octanol–water partition coefficient (Wildman–Crippen LogP) is 3.02. The van der Waals surface area contributed by atoms with E-state index in [1.54, 1.807) is 0 Å². The fraction of sp³-hybridized carbons (Fsp3) is 0.857. The first-order valence-corrected chi connectivity index (χ1v) is 8.17. The molecular formula is C14H26N4S. The minimum Gasteiger partial charge on any atom is -0.360 e. The van der Waals surface area contributed by atoms with E-state index in [1.807, 2.05) is 6.92 Å². The van der Waals surface area contributed by atoms with Crippen molar-refractivity contribution in [2.45, 2.75) is 40.0 Å². The first-order valence-electron chi connectivity index (χ1n) is 7.40. The fourth-order valence-electron chi connectivity index (χ4n) is 3.00. The molecule has 19 heavy (non-hydrogen) atoms. The monoisotopic (exact) mass is 282 g/mol. The Morgan fingerprint density at radius 3 is 2.63 bits per heavy atom. The lowest BCUT2D eigenvalue weighted by Crippen LogP contribution is -2.39. The summed E-state index contributed by atoms with van der Waals surface area (Å²) in [5, 5.41) is 4.30. The van der Waals surface area contributed by atoms with E-state index >= 15 is 0 Å². The molecule has 0 spiro atoms. The van der Waals surface area contributed by atoms with Gasteiger partial charge in [0.25, 0.3) is 0 Å². The van der Waals surface area contributed by atoms with Crippen molar-refractivity contribution in [2.75, 3.05) is 31.5 Å². The molecule has 5 heteroatoms. The second-order valence-corrected chi connectivity index (χ2v) is 6.74. The smallest absolute Gasteiger partial charge is 0.202 e. The van der Waals surface area contributed by atoms with Gasteiger partial charge in [-0.3, -0.25) is 0 Å². The van der Waals surface area contributed by atoms with Crippen molar-refractivity contribution in [3.8, 4) is 0 Å². The van der Waals surface area contributed by atoms with Crippen molar-refractivity contribution in [3.63, 3.8) is 0 Å². The molecule has 2 unspecified atom stereocenters. The van der Waals surface area contributed by atoms with Crippen molar-refractivity contribution < 1.29 is 0 Å². The maximum absolute atomic E-state index is 4.30. The zero-order valence-corrected chi connectivity index (χ0v) is 13.2. The number of likely N-dealkylation sites (tertiary alicyclic amines) is 1. The molecule has 0 aliphatic carbocycles. The van der Waals surface area contributed by atoms with Crippen LogP contribution in [-0.2, 0) is 0 Å². The number of nitrogens with zero attached hydrogens (tertiary/aromatic N) is 3. The summed E-state index contributed by atoms with van der Waals surface area (Å²) in [5.41, 5.74) is 0. The molecule has 108 valence electrons. The van der Waals surface area contributed by atoms with Gasteiger partial charge in [0.1, 0.15) is 5.82 Å². The first kappa shape index (κ1) is 14.7. The number of hydrogen-bond donors (Lipinski definition) is 1. The number of rotatable bonds is 6. The van der Waals surface area contributed by atoms with E-state index in [2.05, 4.69) is 33.4 Å². The molecule has 2 heterocycles. The molecule has 1 fully saturated rings. The Kier molecular flexibility index (Phi) is 5.58. The maximum atomic E-state index is 4.30. The molecule has 2 rings (SSSR count). The van der Waals surface area contributed by atoms with E-state index in [0.29, 0.717) is 0 Å². The van der Waals surface area contributed by atoms with Crippen LogP contribution in [0.25, 0.3) is 0 Å². The molecule has 4 nitrogen and oxygen atoms in total. The average Bonchev–Trinajstić information content (AvgIpc) is 2.73. The highest BCUT2D eigenvalue weighted by atomic mass is 32.1. The van der Waals surface area contributed by atoms with Crippen molar-refractivity contribution in [3.05, 3.63) is 5.82 Å². The summed E-state index contributed by atoms with van der Waals surface area (Å²) in [6.07, 6.45) is 3.87. The highest BCUT2D eigenvalue weighted by Gasteiger charge is 2.20. The Balaban J connectivity index is 1.56. The number of unbranched alkanes of at least 4 members (excludes halogenated alkanes) is 1. The number of nitrogens with one attached hydrogen (secondary N) is 1. The second-order valence-electron chi connectivity index (χ2n) is 5.99. The van der Waals surface area contributed by atoms with Crippen LogP contribution in [0.2, 0.25) is 0 Å². The zero-order chi connectivity index (χ0) is 13.7. The average molecular weight is 282 g/mol. The normalized spacial score (nSPS) is 24.6. The third-order valence-corrected chi connectivity index (χ3v) is 4.41. The summed E-state index contributed by atoms with van der Waals surface area (Å²) >= 11 is 1.45. The van der Waals surface area contributed by atoms with Gasteiger partial charge in [-0.05, 0) is 44.6 Å². The Hall–Kier alpha value is -0.680. The van der Waals surface area contributed by atoms with Gasteiger partial charge in [-0.25, -0.2) is 4.98 Å². The largest absolute Gasteiger partial charge is 0.360 e. The third-order valence-electron chi connectivity index (χ3n) is 3.65. The van der Waals surface area contributed by atoms with Crippen LogP contribution in [0.1, 0.15) is 38.9 Å². The lowest BCUT2D eigenvalue weighted by molar-refractivity contribution is 0.139. The standard InChI is InChI=1S/C14H26N4S/c1-11-8-12(2)10-18(9-11)7-5-4-6-15-14-16-13(3)17-19-14/h11-12H,4-10H2,1-3H3,(H,15,16,17). The van der Waals surface area contributed by atoms with E-state index in [9.17, 15) is 0 Å². The molecule has 2 atom stereocenters. The quantitative estimate of drug-likeness (QED) is 0.814. The highest BCUT2D eigenvalue weighted by Crippen LogP contribution is 2.21. The van der Waals surface area contributed by atoms with E-state index in [1.165, 1.54) is 50.4 Å². The predicted molar refractivity (Wildman–Crippen MR) is 81.8 cm³/mol. The third kappa shape index (κ3) is 5.07. The number of hydrogen-bond acceptors (Lipinski definition) is 5. The summed E-state index contributed by atoms with van der Waals surface area (Å²) in [5.74, 6) is 2.60. The van der Waals surface area contributed by atoms with Crippen LogP contribution in [0.3, 0.4) is 0 Å². The molecule has 0 saturated carbocycles. The fourth-order valence-corrected chi connectivity index (χ4v) is 3.60. The van der Waals surface area contributed by atoms with Gasteiger partial charge in [0.15, 0.2) is 0 Å². The highest BCUT2D eigenvalue weighted by molar-refractivity contribution is 7.09. The molecule has 0 aromatic carbocycles. The molecule has 1 aromatic rings. The minimum atomic E-state index is 0.865. The van der Waals surface area contributed by atoms with E-state index in [0.717, 1.165) is 29.3 Å². The Bertz CT molecular complexity index is 369. The van der Waals surface area contributed by atoms with Gasteiger partial charge in [-0.2, -0.15) is 4.37 Å². The number of anilines is 1. The minimum absolute atomic E-state index is 0.865.